The van der Waals surface area contributed by atoms with Crippen LogP contribution in [0, 0.1) is 10.1 Å². The number of nitrogens with one attached hydrogen (secondary N) is 2. The van der Waals surface area contributed by atoms with Crippen molar-refractivity contribution < 1.29 is 14.5 Å². The minimum Gasteiger partial charge on any atom is -0.497 e. The number of benzene rings is 1. The molecule has 26 heavy (non-hydrogen) atoms. The molecule has 1 aromatic carbocycles. The molecule has 0 spiro atoms. The molecule has 9 nitrogen and oxygen atoms in total. The first-order chi connectivity index (χ1) is 12.5. The normalized spacial score (nSPS) is 11.8. The molecule has 134 valence electrons. The maximum absolute atomic E-state index is 12.6. The summed E-state index contributed by atoms with van der Waals surface area (Å²) in [4.78, 5) is 29.8. The molecule has 1 amide bonds. The molecule has 0 aliphatic carbocycles. The Hall–Kier alpha value is -3.62. The Kier molecular flexibility index (Phi) is 4.70. The number of nitrogens with zero attached hydrogens (tertiary/aromatic N) is 3. The van der Waals surface area contributed by atoms with Gasteiger partial charge < -0.3 is 19.6 Å². The highest BCUT2D eigenvalue weighted by molar-refractivity contribution is 5.93. The van der Waals surface area contributed by atoms with Crippen LogP contribution in [0.15, 0.2) is 48.9 Å². The average molecular weight is 355 g/mol. The van der Waals surface area contributed by atoms with Crippen LogP contribution in [0.1, 0.15) is 27.9 Å². The molecule has 2 aromatic heterocycles. The predicted molar refractivity (Wildman–Crippen MR) is 93.0 cm³/mol. The van der Waals surface area contributed by atoms with Crippen LogP contribution < -0.4 is 10.1 Å². The molecular weight excluding hydrogens is 338 g/mol. The number of nitro groups is 1. The van der Waals surface area contributed by atoms with E-state index in [0.717, 1.165) is 5.56 Å². The molecule has 0 fully saturated rings. The first-order valence-electron chi connectivity index (χ1n) is 7.74. The van der Waals surface area contributed by atoms with Crippen molar-refractivity contribution in [1.29, 1.82) is 0 Å². The monoisotopic (exact) mass is 355 g/mol. The lowest BCUT2D eigenvalue weighted by Crippen LogP contribution is -2.31. The number of carbonyl (C=O) groups excluding carboxylic acids is 1. The molecule has 0 saturated carbocycles. The molecule has 0 saturated heterocycles. The van der Waals surface area contributed by atoms with Crippen LogP contribution in [0.25, 0.3) is 0 Å². The fraction of sp³-hybridized carbons (Fsp3) is 0.176. The number of hydrogen-bond donors (Lipinski definition) is 2. The van der Waals surface area contributed by atoms with Crippen molar-refractivity contribution in [2.24, 2.45) is 7.05 Å². The lowest BCUT2D eigenvalue weighted by Gasteiger charge is -2.19. The molecule has 0 aliphatic heterocycles. The third-order valence-electron chi connectivity index (χ3n) is 3.94. The van der Waals surface area contributed by atoms with Crippen molar-refractivity contribution in [3.8, 4) is 5.75 Å². The fourth-order valence-electron chi connectivity index (χ4n) is 2.60. The van der Waals surface area contributed by atoms with Crippen molar-refractivity contribution in [2.75, 3.05) is 7.11 Å². The molecule has 2 heterocycles. The Morgan fingerprint density at radius 1 is 1.42 bits per heavy atom. The number of aromatic nitrogens is 3. The maximum Gasteiger partial charge on any atom is 0.287 e. The first-order valence-corrected chi connectivity index (χ1v) is 7.74. The zero-order valence-corrected chi connectivity index (χ0v) is 14.2. The van der Waals surface area contributed by atoms with E-state index in [4.69, 9.17) is 4.74 Å². The molecule has 9 heteroatoms. The van der Waals surface area contributed by atoms with Gasteiger partial charge in [0.05, 0.1) is 18.2 Å². The van der Waals surface area contributed by atoms with Crippen molar-refractivity contribution in [2.45, 2.75) is 6.04 Å². The third kappa shape index (κ3) is 3.41. The van der Waals surface area contributed by atoms with Gasteiger partial charge in [0.1, 0.15) is 23.3 Å². The van der Waals surface area contributed by atoms with Crippen molar-refractivity contribution in [3.63, 3.8) is 0 Å². The zero-order valence-electron chi connectivity index (χ0n) is 14.2. The largest absolute Gasteiger partial charge is 0.497 e. The van der Waals surface area contributed by atoms with E-state index in [9.17, 15) is 14.9 Å². The van der Waals surface area contributed by atoms with Gasteiger partial charge in [-0.1, -0.05) is 12.1 Å². The number of ether oxygens (including phenoxy) is 1. The van der Waals surface area contributed by atoms with Gasteiger partial charge in [-0.05, 0) is 17.7 Å². The number of aryl methyl sites for hydroxylation is 1. The van der Waals surface area contributed by atoms with Crippen molar-refractivity contribution in [3.05, 3.63) is 76.1 Å². The smallest absolute Gasteiger partial charge is 0.287 e. The number of carbonyl (C=O) groups is 1. The Morgan fingerprint density at radius 2 is 2.23 bits per heavy atom. The van der Waals surface area contributed by atoms with Crippen LogP contribution in [0.4, 0.5) is 5.69 Å². The summed E-state index contributed by atoms with van der Waals surface area (Å²) in [5.41, 5.74) is 0.692. The number of amides is 1. The fourth-order valence-corrected chi connectivity index (χ4v) is 2.60. The van der Waals surface area contributed by atoms with E-state index < -0.39 is 16.9 Å². The van der Waals surface area contributed by atoms with Crippen molar-refractivity contribution >= 4 is 11.6 Å². The molecule has 0 aliphatic rings. The Bertz CT molecular complexity index is 946. The summed E-state index contributed by atoms with van der Waals surface area (Å²) in [6.45, 7) is 0. The summed E-state index contributed by atoms with van der Waals surface area (Å²) in [5.74, 6) is 0.785. The summed E-state index contributed by atoms with van der Waals surface area (Å²) in [6.07, 6.45) is 4.58. The Labute approximate surface area is 148 Å². The van der Waals surface area contributed by atoms with Gasteiger partial charge in [0.15, 0.2) is 0 Å². The lowest BCUT2D eigenvalue weighted by atomic mass is 10.1. The summed E-state index contributed by atoms with van der Waals surface area (Å²) >= 11 is 0. The van der Waals surface area contributed by atoms with Gasteiger partial charge in [-0.15, -0.1) is 0 Å². The lowest BCUT2D eigenvalue weighted by molar-refractivity contribution is -0.384. The van der Waals surface area contributed by atoms with Crippen LogP contribution in [0.5, 0.6) is 5.75 Å². The molecule has 1 atom stereocenters. The van der Waals surface area contributed by atoms with Crippen molar-refractivity contribution in [1.82, 2.24) is 19.9 Å². The summed E-state index contributed by atoms with van der Waals surface area (Å²) < 4.78 is 7.04. The van der Waals surface area contributed by atoms with E-state index in [1.165, 1.54) is 12.3 Å². The molecular formula is C17H17N5O4. The molecule has 0 bridgehead atoms. The quantitative estimate of drug-likeness (QED) is 0.519. The summed E-state index contributed by atoms with van der Waals surface area (Å²) in [5, 5.41) is 13.7. The number of imidazole rings is 1. The highest BCUT2D eigenvalue weighted by Crippen LogP contribution is 2.25. The van der Waals surface area contributed by atoms with Crippen LogP contribution in [0.3, 0.4) is 0 Å². The van der Waals surface area contributed by atoms with E-state index in [-0.39, 0.29) is 11.4 Å². The Balaban J connectivity index is 1.94. The second-order valence-corrected chi connectivity index (χ2v) is 5.61. The van der Waals surface area contributed by atoms with E-state index >= 15 is 0 Å². The van der Waals surface area contributed by atoms with Gasteiger partial charge in [-0.3, -0.25) is 14.9 Å². The van der Waals surface area contributed by atoms with E-state index in [1.807, 2.05) is 19.2 Å². The molecule has 3 aromatic rings. The number of methoxy groups -OCH3 is 1. The van der Waals surface area contributed by atoms with Gasteiger partial charge in [0, 0.05) is 25.5 Å². The van der Waals surface area contributed by atoms with Gasteiger partial charge in [0.2, 0.25) is 0 Å². The minimum absolute atomic E-state index is 0.0961. The Morgan fingerprint density at radius 3 is 2.85 bits per heavy atom. The van der Waals surface area contributed by atoms with Gasteiger partial charge >= 0.3 is 0 Å². The van der Waals surface area contributed by atoms with Crippen LogP contribution in [-0.4, -0.2) is 32.5 Å². The third-order valence-corrected chi connectivity index (χ3v) is 3.94. The number of hydrogen-bond acceptors (Lipinski definition) is 5. The molecule has 3 rings (SSSR count). The van der Waals surface area contributed by atoms with Gasteiger partial charge in [-0.25, -0.2) is 4.98 Å². The molecule has 0 unspecified atom stereocenters. The van der Waals surface area contributed by atoms with Gasteiger partial charge in [-0.2, -0.15) is 0 Å². The SMILES string of the molecule is COc1cccc([C@H](NC(=O)c2cc([N+](=O)[O-])c[nH]2)c2nccn2C)c1. The second kappa shape index (κ2) is 7.09. The van der Waals surface area contributed by atoms with E-state index in [0.29, 0.717) is 11.6 Å². The highest BCUT2D eigenvalue weighted by Gasteiger charge is 2.23. The highest BCUT2D eigenvalue weighted by atomic mass is 16.6. The molecule has 2 N–H and O–H groups in total. The second-order valence-electron chi connectivity index (χ2n) is 5.61. The number of aromatic amines is 1. The topological polar surface area (TPSA) is 115 Å². The van der Waals surface area contributed by atoms with E-state index in [1.54, 1.807) is 36.2 Å². The van der Waals surface area contributed by atoms with E-state index in [2.05, 4.69) is 15.3 Å². The standard InChI is InChI=1S/C17H17N5O4/c1-21-7-6-18-16(21)15(11-4-3-5-13(8-11)26-2)20-17(23)14-9-12(10-19-14)22(24)25/h3-10,15,19H,1-2H3,(H,20,23)/t15-/m0/s1. The van der Waals surface area contributed by atoms with Crippen LogP contribution >= 0.6 is 0 Å². The minimum atomic E-state index is -0.564. The van der Waals surface area contributed by atoms with Gasteiger partial charge in [0.25, 0.3) is 11.6 Å². The van der Waals surface area contributed by atoms with Crippen LogP contribution in [-0.2, 0) is 7.05 Å². The van der Waals surface area contributed by atoms with Crippen LogP contribution in [0.2, 0.25) is 0 Å². The summed E-state index contributed by atoms with van der Waals surface area (Å²) in [7, 11) is 3.38. The summed E-state index contributed by atoms with van der Waals surface area (Å²) in [6, 6.07) is 7.90. The zero-order chi connectivity index (χ0) is 18.7. The maximum atomic E-state index is 12.6. The first kappa shape index (κ1) is 17.2. The predicted octanol–water partition coefficient (Wildman–Crippen LogP) is 2.18. The average Bonchev–Trinajstić information content (AvgIpc) is 3.29. The number of H-pyrrole nitrogens is 1. The molecule has 0 radical (unpaired) electrons. The number of rotatable bonds is 6.